The van der Waals surface area contributed by atoms with E-state index in [2.05, 4.69) is 32.9 Å². The van der Waals surface area contributed by atoms with Gasteiger partial charge in [0.25, 0.3) is 0 Å². The molecule has 0 spiro atoms. The van der Waals surface area contributed by atoms with Gasteiger partial charge in [-0.05, 0) is 37.0 Å². The van der Waals surface area contributed by atoms with Crippen molar-refractivity contribution >= 4 is 0 Å². The van der Waals surface area contributed by atoms with Gasteiger partial charge < -0.3 is 5.11 Å². The lowest BCUT2D eigenvalue weighted by molar-refractivity contribution is 0.163. The van der Waals surface area contributed by atoms with Crippen LogP contribution in [0.4, 0.5) is 0 Å². The van der Waals surface area contributed by atoms with Crippen molar-refractivity contribution in [2.24, 2.45) is 0 Å². The van der Waals surface area contributed by atoms with E-state index in [4.69, 9.17) is 0 Å². The zero-order valence-corrected chi connectivity index (χ0v) is 10.1. The number of benzene rings is 1. The molecule has 1 N–H and O–H groups in total. The molecule has 1 nitrogen and oxygen atoms in total. The van der Waals surface area contributed by atoms with Gasteiger partial charge in [0.05, 0.1) is 6.10 Å². The monoisotopic (exact) mass is 206 g/mol. The van der Waals surface area contributed by atoms with Gasteiger partial charge >= 0.3 is 0 Å². The number of aliphatic hydroxyl groups is 1. The van der Waals surface area contributed by atoms with Crippen molar-refractivity contribution in [3.05, 3.63) is 34.9 Å². The molecule has 0 aliphatic rings. The van der Waals surface area contributed by atoms with Crippen LogP contribution in [-0.2, 0) is 0 Å². The number of hydrogen-bond acceptors (Lipinski definition) is 1. The lowest BCUT2D eigenvalue weighted by Gasteiger charge is -2.12. The first-order valence-corrected chi connectivity index (χ1v) is 5.90. The Bertz CT molecular complexity index is 304. The second-order valence-electron chi connectivity index (χ2n) is 4.36. The maximum atomic E-state index is 9.96. The predicted octanol–water partition coefficient (Wildman–Crippen LogP) is 3.92. The molecule has 0 bridgehead atoms. The minimum absolute atomic E-state index is 0.282. The van der Waals surface area contributed by atoms with Gasteiger partial charge in [0, 0.05) is 0 Å². The topological polar surface area (TPSA) is 20.2 Å². The van der Waals surface area contributed by atoms with Crippen LogP contribution in [0.5, 0.6) is 0 Å². The molecule has 0 radical (unpaired) electrons. The molecule has 0 saturated carbocycles. The summed E-state index contributed by atoms with van der Waals surface area (Å²) < 4.78 is 0. The Hall–Kier alpha value is -0.820. The minimum Gasteiger partial charge on any atom is -0.388 e. The molecule has 1 heteroatoms. The Labute approximate surface area is 93.1 Å². The third-order valence-corrected chi connectivity index (χ3v) is 3.00. The first-order valence-electron chi connectivity index (χ1n) is 5.90. The molecule has 84 valence electrons. The summed E-state index contributed by atoms with van der Waals surface area (Å²) >= 11 is 0. The van der Waals surface area contributed by atoms with Gasteiger partial charge in [-0.25, -0.2) is 0 Å². The van der Waals surface area contributed by atoms with E-state index in [1.165, 1.54) is 24.0 Å². The standard InChI is InChI=1S/C14H22O/c1-4-5-6-7-14(15)13-9-8-11(2)12(3)10-13/h8-10,14-15H,4-7H2,1-3H3. The van der Waals surface area contributed by atoms with E-state index in [-0.39, 0.29) is 6.10 Å². The molecule has 0 fully saturated rings. The Kier molecular flexibility index (Phi) is 4.83. The summed E-state index contributed by atoms with van der Waals surface area (Å²) in [7, 11) is 0. The Morgan fingerprint density at radius 3 is 2.47 bits per heavy atom. The van der Waals surface area contributed by atoms with Crippen LogP contribution in [0.25, 0.3) is 0 Å². The summed E-state index contributed by atoms with van der Waals surface area (Å²) in [5.41, 5.74) is 3.62. The lowest BCUT2D eigenvalue weighted by Crippen LogP contribution is -1.98. The van der Waals surface area contributed by atoms with Gasteiger partial charge in [0.2, 0.25) is 0 Å². The molecule has 0 saturated heterocycles. The van der Waals surface area contributed by atoms with Crippen LogP contribution in [-0.4, -0.2) is 5.11 Å². The summed E-state index contributed by atoms with van der Waals surface area (Å²) in [5.74, 6) is 0. The van der Waals surface area contributed by atoms with Crippen LogP contribution < -0.4 is 0 Å². The number of rotatable bonds is 5. The third-order valence-electron chi connectivity index (χ3n) is 3.00. The Morgan fingerprint density at radius 2 is 1.87 bits per heavy atom. The molecule has 0 amide bonds. The van der Waals surface area contributed by atoms with Gasteiger partial charge in [-0.2, -0.15) is 0 Å². The van der Waals surface area contributed by atoms with Crippen LogP contribution in [0.15, 0.2) is 18.2 Å². The van der Waals surface area contributed by atoms with Crippen LogP contribution in [0.2, 0.25) is 0 Å². The first kappa shape index (κ1) is 12.3. The van der Waals surface area contributed by atoms with Gasteiger partial charge in [-0.1, -0.05) is 44.4 Å². The van der Waals surface area contributed by atoms with E-state index in [9.17, 15) is 5.11 Å². The fourth-order valence-corrected chi connectivity index (χ4v) is 1.73. The van der Waals surface area contributed by atoms with Gasteiger partial charge in [-0.3, -0.25) is 0 Å². The SMILES string of the molecule is CCCCCC(O)c1ccc(C)c(C)c1. The third kappa shape index (κ3) is 3.67. The second-order valence-corrected chi connectivity index (χ2v) is 4.36. The lowest BCUT2D eigenvalue weighted by atomic mass is 9.99. The van der Waals surface area contributed by atoms with E-state index in [1.54, 1.807) is 0 Å². The summed E-state index contributed by atoms with van der Waals surface area (Å²) in [6.45, 7) is 6.38. The van der Waals surface area contributed by atoms with Crippen molar-refractivity contribution in [2.45, 2.75) is 52.6 Å². The normalized spacial score (nSPS) is 12.8. The fraction of sp³-hybridized carbons (Fsp3) is 0.571. The zero-order chi connectivity index (χ0) is 11.3. The molecule has 1 aromatic rings. The molecule has 1 atom stereocenters. The summed E-state index contributed by atoms with van der Waals surface area (Å²) in [5, 5.41) is 9.96. The molecule has 1 aromatic carbocycles. The van der Waals surface area contributed by atoms with Crippen molar-refractivity contribution in [3.8, 4) is 0 Å². The van der Waals surface area contributed by atoms with Crippen LogP contribution in [0.3, 0.4) is 0 Å². The number of aliphatic hydroxyl groups excluding tert-OH is 1. The van der Waals surface area contributed by atoms with Crippen LogP contribution in [0, 0.1) is 13.8 Å². The van der Waals surface area contributed by atoms with Crippen molar-refractivity contribution in [1.82, 2.24) is 0 Å². The molecule has 0 heterocycles. The summed E-state index contributed by atoms with van der Waals surface area (Å²) in [6.07, 6.45) is 4.14. The number of hydrogen-bond donors (Lipinski definition) is 1. The molecule has 0 aliphatic carbocycles. The molecule has 1 rings (SSSR count). The molecule has 15 heavy (non-hydrogen) atoms. The van der Waals surface area contributed by atoms with Crippen LogP contribution in [0.1, 0.15) is 55.4 Å². The van der Waals surface area contributed by atoms with E-state index in [1.807, 2.05) is 6.07 Å². The van der Waals surface area contributed by atoms with E-state index >= 15 is 0 Å². The quantitative estimate of drug-likeness (QED) is 0.724. The highest BCUT2D eigenvalue weighted by Gasteiger charge is 2.07. The predicted molar refractivity (Wildman–Crippen MR) is 65.0 cm³/mol. The van der Waals surface area contributed by atoms with E-state index in [0.717, 1.165) is 18.4 Å². The second kappa shape index (κ2) is 5.92. The van der Waals surface area contributed by atoms with Gasteiger partial charge in [-0.15, -0.1) is 0 Å². The van der Waals surface area contributed by atoms with Crippen molar-refractivity contribution in [2.75, 3.05) is 0 Å². The molecular weight excluding hydrogens is 184 g/mol. The highest BCUT2D eigenvalue weighted by atomic mass is 16.3. The Balaban J connectivity index is 2.57. The minimum atomic E-state index is -0.282. The highest BCUT2D eigenvalue weighted by Crippen LogP contribution is 2.21. The summed E-state index contributed by atoms with van der Waals surface area (Å²) in [4.78, 5) is 0. The molecular formula is C14H22O. The highest BCUT2D eigenvalue weighted by molar-refractivity contribution is 5.30. The smallest absolute Gasteiger partial charge is 0.0790 e. The van der Waals surface area contributed by atoms with Crippen LogP contribution >= 0.6 is 0 Å². The number of unbranched alkanes of at least 4 members (excludes halogenated alkanes) is 2. The zero-order valence-electron chi connectivity index (χ0n) is 10.1. The largest absolute Gasteiger partial charge is 0.388 e. The maximum Gasteiger partial charge on any atom is 0.0790 e. The molecule has 1 unspecified atom stereocenters. The Morgan fingerprint density at radius 1 is 1.13 bits per heavy atom. The van der Waals surface area contributed by atoms with Crippen molar-refractivity contribution in [1.29, 1.82) is 0 Å². The number of aryl methyl sites for hydroxylation is 2. The molecule has 0 aliphatic heterocycles. The van der Waals surface area contributed by atoms with E-state index in [0.29, 0.717) is 0 Å². The van der Waals surface area contributed by atoms with E-state index < -0.39 is 0 Å². The van der Waals surface area contributed by atoms with Crippen molar-refractivity contribution in [3.63, 3.8) is 0 Å². The average molecular weight is 206 g/mol. The van der Waals surface area contributed by atoms with Gasteiger partial charge in [0.1, 0.15) is 0 Å². The van der Waals surface area contributed by atoms with Crippen molar-refractivity contribution < 1.29 is 5.11 Å². The molecule has 0 aromatic heterocycles. The fourth-order valence-electron chi connectivity index (χ4n) is 1.73. The van der Waals surface area contributed by atoms with Gasteiger partial charge in [0.15, 0.2) is 0 Å². The maximum absolute atomic E-state index is 9.96. The first-order chi connectivity index (χ1) is 7.15. The average Bonchev–Trinajstić information content (AvgIpc) is 2.22. The summed E-state index contributed by atoms with van der Waals surface area (Å²) in [6, 6.07) is 6.23.